The third-order valence-electron chi connectivity index (χ3n) is 4.69. The SMILES string of the molecule is CCCn1c(=O)c2c(nc(CO)n2CC(=O)CC)n(Cc2ccccc2)c1=O. The molecule has 3 rings (SSSR count). The van der Waals surface area contributed by atoms with E-state index in [-0.39, 0.29) is 42.4 Å². The van der Waals surface area contributed by atoms with Crippen LogP contribution in [0.2, 0.25) is 0 Å². The maximum Gasteiger partial charge on any atom is 0.333 e. The van der Waals surface area contributed by atoms with Crippen LogP contribution in [0.1, 0.15) is 38.1 Å². The monoisotopic (exact) mass is 384 g/mol. The summed E-state index contributed by atoms with van der Waals surface area (Å²) in [5, 5.41) is 9.73. The van der Waals surface area contributed by atoms with Crippen LogP contribution in [0.15, 0.2) is 39.9 Å². The highest BCUT2D eigenvalue weighted by Gasteiger charge is 2.22. The minimum Gasteiger partial charge on any atom is -0.388 e. The molecular formula is C20H24N4O4. The van der Waals surface area contributed by atoms with Gasteiger partial charge in [-0.2, -0.15) is 0 Å². The fourth-order valence-electron chi connectivity index (χ4n) is 3.24. The molecule has 0 radical (unpaired) electrons. The van der Waals surface area contributed by atoms with E-state index in [9.17, 15) is 19.5 Å². The van der Waals surface area contributed by atoms with E-state index < -0.39 is 17.9 Å². The highest BCUT2D eigenvalue weighted by atomic mass is 16.3. The van der Waals surface area contributed by atoms with Gasteiger partial charge in [-0.3, -0.25) is 18.7 Å². The van der Waals surface area contributed by atoms with Crippen molar-refractivity contribution in [1.29, 1.82) is 0 Å². The average Bonchev–Trinajstić information content (AvgIpc) is 3.07. The van der Waals surface area contributed by atoms with E-state index in [2.05, 4.69) is 4.98 Å². The minimum atomic E-state index is -0.484. The lowest BCUT2D eigenvalue weighted by Gasteiger charge is -2.12. The number of benzene rings is 1. The number of fused-ring (bicyclic) bond motifs is 1. The molecule has 1 N–H and O–H groups in total. The Kier molecular flexibility index (Phi) is 5.89. The van der Waals surface area contributed by atoms with E-state index >= 15 is 0 Å². The van der Waals surface area contributed by atoms with Gasteiger partial charge in [-0.25, -0.2) is 9.78 Å². The topological polar surface area (TPSA) is 99.1 Å². The van der Waals surface area contributed by atoms with Crippen molar-refractivity contribution in [3.05, 3.63) is 62.6 Å². The number of Topliss-reactive ketones (excluding diaryl/α,β-unsaturated/α-hetero) is 1. The molecule has 0 unspecified atom stereocenters. The van der Waals surface area contributed by atoms with Gasteiger partial charge in [0.1, 0.15) is 12.4 Å². The maximum atomic E-state index is 13.1. The number of carbonyl (C=O) groups is 1. The van der Waals surface area contributed by atoms with Gasteiger partial charge in [-0.1, -0.05) is 44.2 Å². The number of ketones is 1. The molecule has 0 fully saturated rings. The Balaban J connectivity index is 2.33. The zero-order valence-corrected chi connectivity index (χ0v) is 16.1. The largest absolute Gasteiger partial charge is 0.388 e. The molecule has 1 aromatic carbocycles. The second kappa shape index (κ2) is 8.35. The van der Waals surface area contributed by atoms with Crippen molar-refractivity contribution in [2.45, 2.75) is 52.9 Å². The number of aliphatic hydroxyl groups is 1. The first-order chi connectivity index (χ1) is 13.5. The van der Waals surface area contributed by atoms with Crippen molar-refractivity contribution in [2.24, 2.45) is 0 Å². The fourth-order valence-corrected chi connectivity index (χ4v) is 3.24. The van der Waals surface area contributed by atoms with Crippen LogP contribution in [-0.2, 0) is 31.0 Å². The zero-order chi connectivity index (χ0) is 20.3. The summed E-state index contributed by atoms with van der Waals surface area (Å²) in [5.41, 5.74) is 0.327. The molecule has 0 amide bonds. The third-order valence-corrected chi connectivity index (χ3v) is 4.69. The summed E-state index contributed by atoms with van der Waals surface area (Å²) >= 11 is 0. The van der Waals surface area contributed by atoms with Gasteiger partial charge >= 0.3 is 5.69 Å². The first-order valence-electron chi connectivity index (χ1n) is 9.41. The summed E-state index contributed by atoms with van der Waals surface area (Å²) < 4.78 is 4.06. The Bertz CT molecular complexity index is 1110. The second-order valence-corrected chi connectivity index (χ2v) is 6.65. The fraction of sp³-hybridized carbons (Fsp3) is 0.400. The molecule has 8 nitrogen and oxygen atoms in total. The van der Waals surface area contributed by atoms with Gasteiger partial charge in [0.2, 0.25) is 0 Å². The van der Waals surface area contributed by atoms with Crippen molar-refractivity contribution < 1.29 is 9.90 Å². The molecule has 2 heterocycles. The van der Waals surface area contributed by atoms with E-state index in [1.165, 1.54) is 13.7 Å². The number of rotatable bonds is 8. The lowest BCUT2D eigenvalue weighted by molar-refractivity contribution is -0.119. The summed E-state index contributed by atoms with van der Waals surface area (Å²) in [6.07, 6.45) is 0.915. The standard InChI is InChI=1S/C20H24N4O4/c1-3-10-22-19(27)17-18(21-16(13-25)23(17)12-15(26)4-2)24(20(22)28)11-14-8-6-5-7-9-14/h5-9,25H,3-4,10-13H2,1-2H3. The van der Waals surface area contributed by atoms with Crippen LogP contribution in [0, 0.1) is 0 Å². The predicted molar refractivity (Wildman–Crippen MR) is 105 cm³/mol. The van der Waals surface area contributed by atoms with Gasteiger partial charge in [0.15, 0.2) is 16.9 Å². The van der Waals surface area contributed by atoms with E-state index in [4.69, 9.17) is 0 Å². The Morgan fingerprint density at radius 3 is 2.39 bits per heavy atom. The summed E-state index contributed by atoms with van der Waals surface area (Å²) in [7, 11) is 0. The number of aromatic nitrogens is 4. The van der Waals surface area contributed by atoms with Gasteiger partial charge in [0.05, 0.1) is 13.1 Å². The second-order valence-electron chi connectivity index (χ2n) is 6.65. The predicted octanol–water partition coefficient (Wildman–Crippen LogP) is 1.29. The molecule has 0 saturated carbocycles. The molecule has 28 heavy (non-hydrogen) atoms. The lowest BCUT2D eigenvalue weighted by Crippen LogP contribution is -2.41. The van der Waals surface area contributed by atoms with Crippen LogP contribution in [0.3, 0.4) is 0 Å². The van der Waals surface area contributed by atoms with E-state index in [0.717, 1.165) is 5.56 Å². The molecule has 0 aliphatic heterocycles. The van der Waals surface area contributed by atoms with Gasteiger partial charge < -0.3 is 9.67 Å². The molecule has 0 aliphatic rings. The number of nitrogens with zero attached hydrogens (tertiary/aromatic N) is 4. The van der Waals surface area contributed by atoms with E-state index in [1.54, 1.807) is 6.92 Å². The van der Waals surface area contributed by atoms with Crippen LogP contribution in [0.25, 0.3) is 11.2 Å². The van der Waals surface area contributed by atoms with E-state index in [1.807, 2.05) is 37.3 Å². The molecule has 0 saturated heterocycles. The van der Waals surface area contributed by atoms with Gasteiger partial charge in [-0.05, 0) is 12.0 Å². The first-order valence-corrected chi connectivity index (χ1v) is 9.41. The van der Waals surface area contributed by atoms with Crippen molar-refractivity contribution in [2.75, 3.05) is 0 Å². The summed E-state index contributed by atoms with van der Waals surface area (Å²) in [5.74, 6) is 0.112. The highest BCUT2D eigenvalue weighted by molar-refractivity contribution is 5.80. The van der Waals surface area contributed by atoms with Crippen molar-refractivity contribution >= 4 is 16.9 Å². The zero-order valence-electron chi connectivity index (χ0n) is 16.1. The maximum absolute atomic E-state index is 13.1. The molecule has 148 valence electrons. The van der Waals surface area contributed by atoms with Crippen molar-refractivity contribution in [1.82, 2.24) is 18.7 Å². The normalized spacial score (nSPS) is 11.2. The van der Waals surface area contributed by atoms with Crippen molar-refractivity contribution in [3.8, 4) is 0 Å². The number of hydrogen-bond donors (Lipinski definition) is 1. The summed E-state index contributed by atoms with van der Waals surface area (Å²) in [4.78, 5) is 42.5. The third kappa shape index (κ3) is 3.55. The van der Waals surface area contributed by atoms with Crippen LogP contribution in [-0.4, -0.2) is 29.6 Å². The smallest absolute Gasteiger partial charge is 0.333 e. The van der Waals surface area contributed by atoms with Crippen LogP contribution >= 0.6 is 0 Å². The Morgan fingerprint density at radius 2 is 1.79 bits per heavy atom. The quantitative estimate of drug-likeness (QED) is 0.631. The molecule has 2 aromatic heterocycles. The Hall–Kier alpha value is -3.00. The lowest BCUT2D eigenvalue weighted by atomic mass is 10.2. The molecular weight excluding hydrogens is 360 g/mol. The summed E-state index contributed by atoms with van der Waals surface area (Å²) in [6.45, 7) is 3.63. The van der Waals surface area contributed by atoms with Crippen molar-refractivity contribution in [3.63, 3.8) is 0 Å². The number of imidazole rings is 1. The number of carbonyl (C=O) groups excluding carboxylic acids is 1. The first kappa shape index (κ1) is 19.8. The number of aliphatic hydroxyl groups excluding tert-OH is 1. The van der Waals surface area contributed by atoms with Gasteiger partial charge in [0.25, 0.3) is 5.56 Å². The average molecular weight is 384 g/mol. The molecule has 0 bridgehead atoms. The van der Waals surface area contributed by atoms with Crippen LogP contribution in [0.4, 0.5) is 0 Å². The van der Waals surface area contributed by atoms with Crippen LogP contribution in [0.5, 0.6) is 0 Å². The molecule has 3 aromatic rings. The molecule has 8 heteroatoms. The van der Waals surface area contributed by atoms with E-state index in [0.29, 0.717) is 12.8 Å². The Morgan fingerprint density at radius 1 is 1.07 bits per heavy atom. The van der Waals surface area contributed by atoms with Gasteiger partial charge in [-0.15, -0.1) is 0 Å². The molecule has 0 aliphatic carbocycles. The van der Waals surface area contributed by atoms with Crippen LogP contribution < -0.4 is 11.2 Å². The molecule has 0 spiro atoms. The molecule has 0 atom stereocenters. The Labute approximate surface area is 161 Å². The number of hydrogen-bond acceptors (Lipinski definition) is 5. The minimum absolute atomic E-state index is 0.0617. The van der Waals surface area contributed by atoms with Gasteiger partial charge in [0, 0.05) is 13.0 Å². The summed E-state index contributed by atoms with van der Waals surface area (Å²) in [6, 6.07) is 9.40. The highest BCUT2D eigenvalue weighted by Crippen LogP contribution is 2.14.